The van der Waals surface area contributed by atoms with Gasteiger partial charge in [0.1, 0.15) is 0 Å². The van der Waals surface area contributed by atoms with Crippen LogP contribution in [0.3, 0.4) is 0 Å². The number of tetrazole rings is 1. The Bertz CT molecular complexity index is 836. The second kappa shape index (κ2) is 6.29. The molecule has 1 aliphatic rings. The summed E-state index contributed by atoms with van der Waals surface area (Å²) in [6.45, 7) is 1.45. The first-order valence-electron chi connectivity index (χ1n) is 8.51. The van der Waals surface area contributed by atoms with Crippen molar-refractivity contribution in [2.24, 2.45) is 7.05 Å². The minimum atomic E-state index is -0.794. The maximum absolute atomic E-state index is 11.1. The van der Waals surface area contributed by atoms with Crippen LogP contribution in [0.5, 0.6) is 0 Å². The summed E-state index contributed by atoms with van der Waals surface area (Å²) in [5, 5.41) is 22.7. The zero-order chi connectivity index (χ0) is 17.3. The molecule has 0 spiro atoms. The quantitative estimate of drug-likeness (QED) is 0.796. The molecule has 0 unspecified atom stereocenters. The lowest BCUT2D eigenvalue weighted by Crippen LogP contribution is -2.43. The molecule has 2 heterocycles. The molecule has 0 radical (unpaired) electrons. The van der Waals surface area contributed by atoms with E-state index >= 15 is 0 Å². The summed E-state index contributed by atoms with van der Waals surface area (Å²) in [6.07, 6.45) is 1.31. The van der Waals surface area contributed by atoms with E-state index in [0.29, 0.717) is 12.8 Å². The zero-order valence-corrected chi connectivity index (χ0v) is 14.2. The van der Waals surface area contributed by atoms with Gasteiger partial charge in [-0.1, -0.05) is 59.7 Å². The van der Waals surface area contributed by atoms with Crippen molar-refractivity contribution in [3.05, 3.63) is 60.2 Å². The summed E-state index contributed by atoms with van der Waals surface area (Å²) in [5.74, 6) is 0.751. The van der Waals surface area contributed by atoms with Crippen LogP contribution in [0.1, 0.15) is 18.4 Å². The fourth-order valence-electron chi connectivity index (χ4n) is 3.46. The van der Waals surface area contributed by atoms with Crippen LogP contribution in [0.15, 0.2) is 54.6 Å². The SMILES string of the molecule is Cn1nnnc1N1CCC(O)(c2ccc(-c3ccccc3)cc2)CC1. The average Bonchev–Trinajstić information content (AvgIpc) is 3.09. The van der Waals surface area contributed by atoms with E-state index in [9.17, 15) is 5.11 Å². The van der Waals surface area contributed by atoms with Crippen molar-refractivity contribution < 1.29 is 5.11 Å². The van der Waals surface area contributed by atoms with Crippen LogP contribution >= 0.6 is 0 Å². The van der Waals surface area contributed by atoms with E-state index in [2.05, 4.69) is 44.7 Å². The first-order chi connectivity index (χ1) is 12.2. The molecule has 1 fully saturated rings. The lowest BCUT2D eigenvalue weighted by Gasteiger charge is -2.38. The fourth-order valence-corrected chi connectivity index (χ4v) is 3.46. The summed E-state index contributed by atoms with van der Waals surface area (Å²) in [7, 11) is 1.83. The van der Waals surface area contributed by atoms with E-state index in [1.165, 1.54) is 5.56 Å². The molecule has 0 aliphatic carbocycles. The Morgan fingerprint density at radius 2 is 1.56 bits per heavy atom. The molecule has 0 saturated carbocycles. The lowest BCUT2D eigenvalue weighted by atomic mass is 9.84. The largest absolute Gasteiger partial charge is 0.385 e. The van der Waals surface area contributed by atoms with Crippen LogP contribution in [0, 0.1) is 0 Å². The van der Waals surface area contributed by atoms with Gasteiger partial charge in [0.2, 0.25) is 5.95 Å². The van der Waals surface area contributed by atoms with E-state index in [-0.39, 0.29) is 0 Å². The topological polar surface area (TPSA) is 67.1 Å². The highest BCUT2D eigenvalue weighted by Crippen LogP contribution is 2.34. The summed E-state index contributed by atoms with van der Waals surface area (Å²) < 4.78 is 1.67. The number of aromatic nitrogens is 4. The van der Waals surface area contributed by atoms with Gasteiger partial charge in [0.05, 0.1) is 5.60 Å². The molecule has 3 aromatic rings. The Labute approximate surface area is 146 Å². The summed E-state index contributed by atoms with van der Waals surface area (Å²) in [4.78, 5) is 2.12. The normalized spacial score (nSPS) is 16.8. The zero-order valence-electron chi connectivity index (χ0n) is 14.2. The van der Waals surface area contributed by atoms with Crippen molar-refractivity contribution >= 4 is 5.95 Å². The van der Waals surface area contributed by atoms with E-state index < -0.39 is 5.60 Å². The van der Waals surface area contributed by atoms with Gasteiger partial charge in [-0.05, 0) is 40.0 Å². The molecular weight excluding hydrogens is 314 g/mol. The molecule has 128 valence electrons. The third-order valence-electron chi connectivity index (χ3n) is 5.00. The number of rotatable bonds is 3. The number of nitrogens with zero attached hydrogens (tertiary/aromatic N) is 5. The van der Waals surface area contributed by atoms with E-state index in [0.717, 1.165) is 30.2 Å². The number of aliphatic hydroxyl groups is 1. The molecule has 6 heteroatoms. The Kier molecular flexibility index (Phi) is 3.97. The van der Waals surface area contributed by atoms with Crippen molar-refractivity contribution in [2.45, 2.75) is 18.4 Å². The highest BCUT2D eigenvalue weighted by Gasteiger charge is 2.35. The van der Waals surface area contributed by atoms with Gasteiger partial charge in [-0.3, -0.25) is 0 Å². The third kappa shape index (κ3) is 3.00. The summed E-state index contributed by atoms with van der Waals surface area (Å²) in [6, 6.07) is 18.5. The fraction of sp³-hybridized carbons (Fsp3) is 0.316. The summed E-state index contributed by atoms with van der Waals surface area (Å²) >= 11 is 0. The number of hydrogen-bond donors (Lipinski definition) is 1. The van der Waals surface area contributed by atoms with Crippen molar-refractivity contribution in [3.63, 3.8) is 0 Å². The molecule has 1 N–H and O–H groups in total. The van der Waals surface area contributed by atoms with Crippen molar-refractivity contribution in [3.8, 4) is 11.1 Å². The Morgan fingerprint density at radius 1 is 0.920 bits per heavy atom. The van der Waals surface area contributed by atoms with Crippen molar-refractivity contribution in [2.75, 3.05) is 18.0 Å². The summed E-state index contributed by atoms with van der Waals surface area (Å²) in [5.41, 5.74) is 2.53. The number of benzene rings is 2. The smallest absolute Gasteiger partial charge is 0.245 e. The van der Waals surface area contributed by atoms with Crippen LogP contribution in [0.25, 0.3) is 11.1 Å². The highest BCUT2D eigenvalue weighted by molar-refractivity contribution is 5.63. The molecule has 0 bridgehead atoms. The van der Waals surface area contributed by atoms with Crippen LogP contribution in [0.4, 0.5) is 5.95 Å². The maximum Gasteiger partial charge on any atom is 0.245 e. The van der Waals surface area contributed by atoms with Gasteiger partial charge in [-0.15, -0.1) is 0 Å². The molecule has 0 atom stereocenters. The van der Waals surface area contributed by atoms with Crippen LogP contribution in [-0.4, -0.2) is 38.4 Å². The third-order valence-corrected chi connectivity index (χ3v) is 5.00. The lowest BCUT2D eigenvalue weighted by molar-refractivity contribution is 0.0114. The van der Waals surface area contributed by atoms with Gasteiger partial charge in [-0.25, -0.2) is 4.68 Å². The van der Waals surface area contributed by atoms with Crippen LogP contribution < -0.4 is 4.90 Å². The van der Waals surface area contributed by atoms with E-state index in [4.69, 9.17) is 0 Å². The second-order valence-corrected chi connectivity index (χ2v) is 6.56. The molecular formula is C19H21N5O. The monoisotopic (exact) mass is 335 g/mol. The number of anilines is 1. The molecule has 6 nitrogen and oxygen atoms in total. The molecule has 1 aliphatic heterocycles. The van der Waals surface area contributed by atoms with Gasteiger partial charge in [0.15, 0.2) is 0 Å². The molecule has 25 heavy (non-hydrogen) atoms. The van der Waals surface area contributed by atoms with Crippen molar-refractivity contribution in [1.29, 1.82) is 0 Å². The Morgan fingerprint density at radius 3 is 2.16 bits per heavy atom. The molecule has 2 aromatic carbocycles. The van der Waals surface area contributed by atoms with E-state index in [1.54, 1.807) is 4.68 Å². The second-order valence-electron chi connectivity index (χ2n) is 6.56. The van der Waals surface area contributed by atoms with Gasteiger partial charge < -0.3 is 10.0 Å². The van der Waals surface area contributed by atoms with Gasteiger partial charge in [0, 0.05) is 20.1 Å². The number of hydrogen-bond acceptors (Lipinski definition) is 5. The Hall–Kier alpha value is -2.73. The molecule has 0 amide bonds. The minimum absolute atomic E-state index is 0.657. The first kappa shape index (κ1) is 15.8. The Balaban J connectivity index is 1.49. The number of piperidine rings is 1. The van der Waals surface area contributed by atoms with Gasteiger partial charge >= 0.3 is 0 Å². The average molecular weight is 335 g/mol. The van der Waals surface area contributed by atoms with Crippen LogP contribution in [-0.2, 0) is 12.6 Å². The predicted octanol–water partition coefficient (Wildman–Crippen LogP) is 2.37. The standard InChI is InChI=1S/C19H21N5O/c1-23-18(20-21-22-23)24-13-11-19(25,12-14-24)17-9-7-16(8-10-17)15-5-3-2-4-6-15/h2-10,25H,11-14H2,1H3. The predicted molar refractivity (Wildman–Crippen MR) is 96.0 cm³/mol. The van der Waals surface area contributed by atoms with E-state index in [1.807, 2.05) is 37.4 Å². The van der Waals surface area contributed by atoms with Crippen molar-refractivity contribution in [1.82, 2.24) is 20.2 Å². The van der Waals surface area contributed by atoms with Gasteiger partial charge in [-0.2, -0.15) is 0 Å². The first-order valence-corrected chi connectivity index (χ1v) is 8.51. The maximum atomic E-state index is 11.1. The molecule has 4 rings (SSSR count). The molecule has 1 saturated heterocycles. The highest BCUT2D eigenvalue weighted by atomic mass is 16.3. The van der Waals surface area contributed by atoms with Gasteiger partial charge in [0.25, 0.3) is 0 Å². The van der Waals surface area contributed by atoms with Crippen LogP contribution in [0.2, 0.25) is 0 Å². The number of aryl methyl sites for hydroxylation is 1. The molecule has 1 aromatic heterocycles. The minimum Gasteiger partial charge on any atom is -0.385 e.